The van der Waals surface area contributed by atoms with Gasteiger partial charge in [0.1, 0.15) is 18.3 Å². The molecule has 0 aromatic heterocycles. The minimum Gasteiger partial charge on any atom is -0.497 e. The van der Waals surface area contributed by atoms with Crippen molar-refractivity contribution in [3.63, 3.8) is 0 Å². The van der Waals surface area contributed by atoms with Crippen molar-refractivity contribution in [2.24, 2.45) is 0 Å². The van der Waals surface area contributed by atoms with Crippen LogP contribution in [0.5, 0.6) is 5.75 Å². The molecule has 9 heteroatoms. The molecule has 4 rings (SSSR count). The van der Waals surface area contributed by atoms with Gasteiger partial charge in [0, 0.05) is 18.7 Å². The van der Waals surface area contributed by atoms with E-state index in [1.807, 2.05) is 38.1 Å². The fourth-order valence-corrected chi connectivity index (χ4v) is 6.66. The summed E-state index contributed by atoms with van der Waals surface area (Å²) in [5.41, 5.74) is 3.07. The third kappa shape index (κ3) is 7.50. The van der Waals surface area contributed by atoms with Crippen LogP contribution >= 0.6 is 0 Å². The van der Waals surface area contributed by atoms with Crippen LogP contribution in [0.15, 0.2) is 77.7 Å². The van der Waals surface area contributed by atoms with E-state index in [4.69, 9.17) is 4.74 Å². The highest BCUT2D eigenvalue weighted by atomic mass is 32.2. The fourth-order valence-electron chi connectivity index (χ4n) is 5.25. The zero-order valence-electron chi connectivity index (χ0n) is 24.9. The number of anilines is 1. The second-order valence-corrected chi connectivity index (χ2v) is 12.9. The Hall–Kier alpha value is -3.85. The van der Waals surface area contributed by atoms with Gasteiger partial charge in [0.05, 0.1) is 17.7 Å². The van der Waals surface area contributed by atoms with Crippen molar-refractivity contribution >= 4 is 27.5 Å². The van der Waals surface area contributed by atoms with Crippen molar-refractivity contribution in [1.82, 2.24) is 10.2 Å². The third-order valence-corrected chi connectivity index (χ3v) is 9.74. The number of carbonyl (C=O) groups is 2. The Balaban J connectivity index is 1.70. The predicted molar refractivity (Wildman–Crippen MR) is 165 cm³/mol. The molecule has 224 valence electrons. The number of nitrogens with one attached hydrogen (secondary N) is 1. The Morgan fingerprint density at radius 2 is 1.64 bits per heavy atom. The van der Waals surface area contributed by atoms with Gasteiger partial charge in [-0.05, 0) is 69.0 Å². The summed E-state index contributed by atoms with van der Waals surface area (Å²) in [7, 11) is -2.64. The van der Waals surface area contributed by atoms with E-state index in [2.05, 4.69) is 5.32 Å². The lowest BCUT2D eigenvalue weighted by Crippen LogP contribution is -2.53. The Bertz CT molecular complexity index is 1480. The molecule has 0 bridgehead atoms. The standard InChI is InChI=1S/C33H41N3O5S/c1-24-17-19-31(20-18-24)42(39,40)36(29-15-10-16-30(21-29)41-4)23-32(37)35(22-27-12-9-8-11-25(27)2)26(3)33(38)34-28-13-6-5-7-14-28/h8-12,15-21,26,28H,5-7,13-14,22-23H2,1-4H3,(H,34,38). The second kappa shape index (κ2) is 13.9. The molecule has 1 fully saturated rings. The van der Waals surface area contributed by atoms with Gasteiger partial charge in [-0.15, -0.1) is 0 Å². The first-order valence-corrected chi connectivity index (χ1v) is 15.9. The molecule has 1 N–H and O–H groups in total. The number of nitrogens with zero attached hydrogens (tertiary/aromatic N) is 2. The van der Waals surface area contributed by atoms with E-state index in [1.54, 1.807) is 43.3 Å². The van der Waals surface area contributed by atoms with Gasteiger partial charge in [0.2, 0.25) is 11.8 Å². The van der Waals surface area contributed by atoms with Crippen LogP contribution in [0, 0.1) is 13.8 Å². The van der Waals surface area contributed by atoms with E-state index in [0.29, 0.717) is 11.4 Å². The van der Waals surface area contributed by atoms with Crippen molar-refractivity contribution in [3.8, 4) is 5.75 Å². The molecule has 42 heavy (non-hydrogen) atoms. The molecule has 1 atom stereocenters. The Morgan fingerprint density at radius 3 is 2.31 bits per heavy atom. The lowest BCUT2D eigenvalue weighted by molar-refractivity contribution is -0.139. The first kappa shape index (κ1) is 31.1. The molecule has 0 radical (unpaired) electrons. The number of aryl methyl sites for hydroxylation is 2. The number of sulfonamides is 1. The SMILES string of the molecule is COc1cccc(N(CC(=O)N(Cc2ccccc2C)C(C)C(=O)NC2CCCCC2)S(=O)(=O)c2ccc(C)cc2)c1. The Morgan fingerprint density at radius 1 is 0.952 bits per heavy atom. The molecule has 1 aliphatic carbocycles. The number of hydrogen-bond acceptors (Lipinski definition) is 5. The molecule has 0 saturated heterocycles. The molecule has 1 aliphatic rings. The minimum absolute atomic E-state index is 0.0669. The van der Waals surface area contributed by atoms with Gasteiger partial charge in [0.15, 0.2) is 0 Å². The minimum atomic E-state index is -4.14. The topological polar surface area (TPSA) is 96.0 Å². The van der Waals surface area contributed by atoms with Crippen molar-refractivity contribution in [2.45, 2.75) is 76.4 Å². The van der Waals surface area contributed by atoms with E-state index in [-0.39, 0.29) is 23.4 Å². The van der Waals surface area contributed by atoms with E-state index >= 15 is 0 Å². The van der Waals surface area contributed by atoms with Gasteiger partial charge >= 0.3 is 0 Å². The first-order chi connectivity index (χ1) is 20.1. The summed E-state index contributed by atoms with van der Waals surface area (Å²) in [6.45, 7) is 5.22. The quantitative estimate of drug-likeness (QED) is 0.323. The molecule has 3 aromatic carbocycles. The summed E-state index contributed by atoms with van der Waals surface area (Å²) in [6.07, 6.45) is 5.13. The largest absolute Gasteiger partial charge is 0.497 e. The van der Waals surface area contributed by atoms with Crippen LogP contribution < -0.4 is 14.4 Å². The van der Waals surface area contributed by atoms with Gasteiger partial charge < -0.3 is 15.0 Å². The molecule has 3 aromatic rings. The first-order valence-electron chi connectivity index (χ1n) is 14.5. The van der Waals surface area contributed by atoms with E-state index in [9.17, 15) is 18.0 Å². The highest BCUT2D eigenvalue weighted by Crippen LogP contribution is 2.28. The van der Waals surface area contributed by atoms with E-state index in [0.717, 1.165) is 53.1 Å². The molecule has 0 heterocycles. The van der Waals surface area contributed by atoms with Crippen LogP contribution in [0.1, 0.15) is 55.7 Å². The number of methoxy groups -OCH3 is 1. The van der Waals surface area contributed by atoms with Gasteiger partial charge in [-0.1, -0.05) is 67.3 Å². The number of benzene rings is 3. The van der Waals surface area contributed by atoms with E-state index < -0.39 is 28.5 Å². The summed E-state index contributed by atoms with van der Waals surface area (Å²) >= 11 is 0. The van der Waals surface area contributed by atoms with Gasteiger partial charge in [-0.3, -0.25) is 13.9 Å². The average molecular weight is 592 g/mol. The molecule has 0 aliphatic heterocycles. The highest BCUT2D eigenvalue weighted by molar-refractivity contribution is 7.92. The van der Waals surface area contributed by atoms with Crippen LogP contribution in [-0.2, 0) is 26.2 Å². The summed E-state index contributed by atoms with van der Waals surface area (Å²) < 4.78 is 34.5. The molecule has 0 spiro atoms. The number of hydrogen-bond donors (Lipinski definition) is 1. The molecular formula is C33H41N3O5S. The van der Waals surface area contributed by atoms with Gasteiger partial charge in [-0.2, -0.15) is 0 Å². The molecule has 1 unspecified atom stereocenters. The lowest BCUT2D eigenvalue weighted by Gasteiger charge is -2.33. The summed E-state index contributed by atoms with van der Waals surface area (Å²) in [4.78, 5) is 29.2. The molecule has 8 nitrogen and oxygen atoms in total. The Labute approximate surface area is 249 Å². The van der Waals surface area contributed by atoms with Crippen LogP contribution in [-0.4, -0.2) is 50.9 Å². The van der Waals surface area contributed by atoms with Crippen LogP contribution in [0.25, 0.3) is 0 Å². The maximum Gasteiger partial charge on any atom is 0.264 e. The molecule has 1 saturated carbocycles. The molecular weight excluding hydrogens is 550 g/mol. The van der Waals surface area contributed by atoms with Crippen molar-refractivity contribution in [2.75, 3.05) is 18.0 Å². The summed E-state index contributed by atoms with van der Waals surface area (Å²) in [5, 5.41) is 3.13. The summed E-state index contributed by atoms with van der Waals surface area (Å²) in [5.74, 6) is -0.262. The number of rotatable bonds is 11. The normalized spacial score (nSPS) is 14.6. The van der Waals surface area contributed by atoms with Crippen molar-refractivity contribution in [3.05, 3.63) is 89.5 Å². The zero-order chi connectivity index (χ0) is 30.3. The maximum absolute atomic E-state index is 14.2. The highest BCUT2D eigenvalue weighted by Gasteiger charge is 2.33. The lowest BCUT2D eigenvalue weighted by atomic mass is 9.95. The Kier molecular flexibility index (Phi) is 10.3. The second-order valence-electron chi connectivity index (χ2n) is 11.0. The van der Waals surface area contributed by atoms with Gasteiger partial charge in [-0.25, -0.2) is 8.42 Å². The van der Waals surface area contributed by atoms with Crippen LogP contribution in [0.2, 0.25) is 0 Å². The van der Waals surface area contributed by atoms with Crippen LogP contribution in [0.4, 0.5) is 5.69 Å². The smallest absolute Gasteiger partial charge is 0.264 e. The van der Waals surface area contributed by atoms with E-state index in [1.165, 1.54) is 24.1 Å². The van der Waals surface area contributed by atoms with Crippen LogP contribution in [0.3, 0.4) is 0 Å². The maximum atomic E-state index is 14.2. The predicted octanol–water partition coefficient (Wildman–Crippen LogP) is 5.37. The average Bonchev–Trinajstić information content (AvgIpc) is 2.99. The number of carbonyl (C=O) groups excluding carboxylic acids is 2. The van der Waals surface area contributed by atoms with Crippen molar-refractivity contribution in [1.29, 1.82) is 0 Å². The van der Waals surface area contributed by atoms with Crippen molar-refractivity contribution < 1.29 is 22.7 Å². The summed E-state index contributed by atoms with van der Waals surface area (Å²) in [6, 6.07) is 20.1. The number of ether oxygens (including phenoxy) is 1. The zero-order valence-corrected chi connectivity index (χ0v) is 25.7. The van der Waals surface area contributed by atoms with Gasteiger partial charge in [0.25, 0.3) is 10.0 Å². The third-order valence-electron chi connectivity index (χ3n) is 7.95. The molecule has 2 amide bonds. The monoisotopic (exact) mass is 591 g/mol. The number of amides is 2. The fraction of sp³-hybridized carbons (Fsp3) is 0.394.